The third kappa shape index (κ3) is 5.64. The Morgan fingerprint density at radius 2 is 1.00 bits per heavy atom. The summed E-state index contributed by atoms with van der Waals surface area (Å²) in [5.41, 5.74) is 11.3. The summed E-state index contributed by atoms with van der Waals surface area (Å²) in [7, 11) is 0. The lowest BCUT2D eigenvalue weighted by Crippen LogP contribution is -2.31. The standard InChI is InChI=1S/C51H35N3/c1-2-15-35(16-3-1)49-43-24-6-8-26-45(43)50(46-27-9-7-25-44(46)49)38-20-11-21-39(31-38)51-53-47(37-19-10-18-36(30-37)40-22-13-29-52-33-40)32-48(54-51)42-28-12-17-34-14-4-5-23-41(34)42/h1-33,47H,(H,53,54). The molecule has 0 saturated carbocycles. The van der Waals surface area contributed by atoms with Crippen molar-refractivity contribution in [1.82, 2.24) is 10.3 Å². The molecule has 54 heavy (non-hydrogen) atoms. The lowest BCUT2D eigenvalue weighted by molar-refractivity contribution is 0.781. The summed E-state index contributed by atoms with van der Waals surface area (Å²) in [5.74, 6) is 0.841. The molecule has 254 valence electrons. The van der Waals surface area contributed by atoms with E-state index < -0.39 is 0 Å². The van der Waals surface area contributed by atoms with Crippen molar-refractivity contribution in [3.05, 3.63) is 217 Å². The molecule has 1 aromatic heterocycles. The van der Waals surface area contributed by atoms with E-state index in [-0.39, 0.29) is 6.04 Å². The molecule has 1 atom stereocenters. The Morgan fingerprint density at radius 1 is 0.426 bits per heavy atom. The highest BCUT2D eigenvalue weighted by atomic mass is 15.0. The van der Waals surface area contributed by atoms with Crippen LogP contribution in [0.25, 0.3) is 71.4 Å². The highest BCUT2D eigenvalue weighted by Gasteiger charge is 2.23. The van der Waals surface area contributed by atoms with Gasteiger partial charge in [0.25, 0.3) is 0 Å². The zero-order valence-corrected chi connectivity index (χ0v) is 29.5. The molecule has 3 nitrogen and oxygen atoms in total. The summed E-state index contributed by atoms with van der Waals surface area (Å²) in [6, 6.07) is 65.0. The summed E-state index contributed by atoms with van der Waals surface area (Å²) >= 11 is 0. The Hall–Kier alpha value is -7.10. The van der Waals surface area contributed by atoms with E-state index in [9.17, 15) is 0 Å². The van der Waals surface area contributed by atoms with E-state index in [1.807, 2.05) is 18.5 Å². The summed E-state index contributed by atoms with van der Waals surface area (Å²) in [6.45, 7) is 0. The lowest BCUT2D eigenvalue weighted by Gasteiger charge is -2.26. The van der Waals surface area contributed by atoms with E-state index >= 15 is 0 Å². The van der Waals surface area contributed by atoms with Gasteiger partial charge in [0, 0.05) is 23.5 Å². The summed E-state index contributed by atoms with van der Waals surface area (Å²) in [4.78, 5) is 9.78. The van der Waals surface area contributed by atoms with E-state index in [4.69, 9.17) is 4.99 Å². The maximum Gasteiger partial charge on any atom is 0.134 e. The predicted molar refractivity (Wildman–Crippen MR) is 226 cm³/mol. The third-order valence-corrected chi connectivity index (χ3v) is 10.6. The molecule has 0 bridgehead atoms. The van der Waals surface area contributed by atoms with Gasteiger partial charge in [0.15, 0.2) is 0 Å². The van der Waals surface area contributed by atoms with Crippen molar-refractivity contribution < 1.29 is 0 Å². The van der Waals surface area contributed by atoms with Gasteiger partial charge >= 0.3 is 0 Å². The van der Waals surface area contributed by atoms with Crippen LogP contribution in [0.1, 0.15) is 22.7 Å². The minimum absolute atomic E-state index is 0.112. The van der Waals surface area contributed by atoms with Crippen LogP contribution in [0.3, 0.4) is 0 Å². The molecule has 0 saturated heterocycles. The molecule has 2 heterocycles. The first-order valence-electron chi connectivity index (χ1n) is 18.4. The SMILES string of the molecule is C1=C(c2cccc3ccccc23)N=C(c2cccc(-c3c4ccccc4c(-c4ccccc4)c4ccccc34)c2)NC1c1cccc(-c2cccnc2)c1. The van der Waals surface area contributed by atoms with E-state index in [0.717, 1.165) is 44.9 Å². The van der Waals surface area contributed by atoms with Gasteiger partial charge < -0.3 is 5.32 Å². The van der Waals surface area contributed by atoms with Gasteiger partial charge in [0.05, 0.1) is 11.7 Å². The topological polar surface area (TPSA) is 37.3 Å². The number of rotatable bonds is 6. The average Bonchev–Trinajstić information content (AvgIpc) is 3.26. The van der Waals surface area contributed by atoms with Gasteiger partial charge in [-0.25, -0.2) is 4.99 Å². The number of hydrogen-bond acceptors (Lipinski definition) is 3. The Bertz CT molecular complexity index is 2850. The number of amidine groups is 1. The molecule has 8 aromatic carbocycles. The number of fused-ring (bicyclic) bond motifs is 3. The first-order valence-corrected chi connectivity index (χ1v) is 18.4. The zero-order chi connectivity index (χ0) is 35.8. The smallest absolute Gasteiger partial charge is 0.134 e. The van der Waals surface area contributed by atoms with Crippen molar-refractivity contribution in [2.24, 2.45) is 4.99 Å². The number of aliphatic imine (C=N–C) groups is 1. The van der Waals surface area contributed by atoms with Crippen molar-refractivity contribution >= 4 is 43.9 Å². The third-order valence-electron chi connectivity index (χ3n) is 10.6. The van der Waals surface area contributed by atoms with Crippen LogP contribution in [0.15, 0.2) is 205 Å². The zero-order valence-electron chi connectivity index (χ0n) is 29.5. The van der Waals surface area contributed by atoms with Gasteiger partial charge in [-0.15, -0.1) is 0 Å². The molecule has 1 aliphatic heterocycles. The fourth-order valence-corrected chi connectivity index (χ4v) is 8.09. The van der Waals surface area contributed by atoms with Gasteiger partial charge in [-0.1, -0.05) is 164 Å². The van der Waals surface area contributed by atoms with E-state index in [1.165, 1.54) is 49.0 Å². The number of nitrogens with zero attached hydrogens (tertiary/aromatic N) is 2. The molecule has 0 amide bonds. The molecule has 0 radical (unpaired) electrons. The second-order valence-electron chi connectivity index (χ2n) is 13.8. The van der Waals surface area contributed by atoms with Crippen LogP contribution >= 0.6 is 0 Å². The molecule has 1 N–H and O–H groups in total. The summed E-state index contributed by atoms with van der Waals surface area (Å²) in [6.07, 6.45) is 6.00. The van der Waals surface area contributed by atoms with Crippen LogP contribution in [-0.4, -0.2) is 10.8 Å². The molecule has 10 rings (SSSR count). The van der Waals surface area contributed by atoms with Gasteiger partial charge in [-0.3, -0.25) is 4.98 Å². The number of aromatic nitrogens is 1. The van der Waals surface area contributed by atoms with Gasteiger partial charge in [0.1, 0.15) is 5.84 Å². The monoisotopic (exact) mass is 689 g/mol. The molecule has 0 aliphatic carbocycles. The van der Waals surface area contributed by atoms with E-state index in [0.29, 0.717) is 0 Å². The minimum atomic E-state index is -0.112. The second-order valence-corrected chi connectivity index (χ2v) is 13.8. The maximum absolute atomic E-state index is 5.40. The largest absolute Gasteiger partial charge is 0.359 e. The Labute approximate surface area is 314 Å². The molecular formula is C51H35N3. The van der Waals surface area contributed by atoms with Crippen molar-refractivity contribution in [2.45, 2.75) is 6.04 Å². The quantitative estimate of drug-likeness (QED) is 0.176. The normalized spacial score (nSPS) is 14.1. The van der Waals surface area contributed by atoms with Crippen molar-refractivity contribution in [3.8, 4) is 33.4 Å². The fourth-order valence-electron chi connectivity index (χ4n) is 8.09. The van der Waals surface area contributed by atoms with Gasteiger partial charge in [-0.2, -0.15) is 0 Å². The summed E-state index contributed by atoms with van der Waals surface area (Å²) < 4.78 is 0. The molecule has 0 fully saturated rings. The lowest BCUT2D eigenvalue weighted by atomic mass is 9.85. The minimum Gasteiger partial charge on any atom is -0.359 e. The number of nitrogens with one attached hydrogen (secondary N) is 1. The highest BCUT2D eigenvalue weighted by molar-refractivity contribution is 6.21. The Kier molecular flexibility index (Phi) is 7.88. The van der Waals surface area contributed by atoms with Crippen molar-refractivity contribution in [1.29, 1.82) is 0 Å². The fraction of sp³-hybridized carbons (Fsp3) is 0.0196. The number of pyridine rings is 1. The first kappa shape index (κ1) is 31.6. The van der Waals surface area contributed by atoms with Crippen LogP contribution in [0.5, 0.6) is 0 Å². The molecule has 0 spiro atoms. The van der Waals surface area contributed by atoms with Gasteiger partial charge in [-0.05, 0) is 95.5 Å². The molecule has 1 aliphatic rings. The Balaban J connectivity index is 1.14. The van der Waals surface area contributed by atoms with Crippen LogP contribution in [0.2, 0.25) is 0 Å². The number of benzene rings is 8. The van der Waals surface area contributed by atoms with Crippen LogP contribution in [0.4, 0.5) is 0 Å². The number of hydrogen-bond donors (Lipinski definition) is 1. The van der Waals surface area contributed by atoms with Crippen LogP contribution in [0, 0.1) is 0 Å². The second kappa shape index (κ2) is 13.5. The molecule has 9 aromatic rings. The van der Waals surface area contributed by atoms with Crippen LogP contribution < -0.4 is 5.32 Å². The predicted octanol–water partition coefficient (Wildman–Crippen LogP) is 12.7. The Morgan fingerprint density at radius 3 is 1.74 bits per heavy atom. The maximum atomic E-state index is 5.40. The highest BCUT2D eigenvalue weighted by Crippen LogP contribution is 2.44. The van der Waals surface area contributed by atoms with Crippen molar-refractivity contribution in [3.63, 3.8) is 0 Å². The molecule has 3 heteroatoms. The van der Waals surface area contributed by atoms with E-state index in [2.05, 4.69) is 192 Å². The van der Waals surface area contributed by atoms with Crippen molar-refractivity contribution in [2.75, 3.05) is 0 Å². The molecule has 1 unspecified atom stereocenters. The first-order chi connectivity index (χ1) is 26.8. The molecular weight excluding hydrogens is 655 g/mol. The van der Waals surface area contributed by atoms with E-state index in [1.54, 1.807) is 0 Å². The average molecular weight is 690 g/mol. The summed E-state index contributed by atoms with van der Waals surface area (Å²) in [5, 5.41) is 11.2. The van der Waals surface area contributed by atoms with Gasteiger partial charge in [0.2, 0.25) is 0 Å². The van der Waals surface area contributed by atoms with Crippen LogP contribution in [-0.2, 0) is 0 Å².